The van der Waals surface area contributed by atoms with Crippen molar-refractivity contribution in [3.63, 3.8) is 0 Å². The number of hydrogen-bond acceptors (Lipinski definition) is 1. The summed E-state index contributed by atoms with van der Waals surface area (Å²) in [6.45, 7) is 4.00. The fourth-order valence-corrected chi connectivity index (χ4v) is 2.26. The van der Waals surface area contributed by atoms with Gasteiger partial charge in [-0.2, -0.15) is 0 Å². The molecule has 3 nitrogen and oxygen atoms in total. The Labute approximate surface area is 117 Å². The van der Waals surface area contributed by atoms with Gasteiger partial charge in [0.2, 0.25) is 0 Å². The van der Waals surface area contributed by atoms with Crippen LogP contribution >= 0.6 is 0 Å². The van der Waals surface area contributed by atoms with Crippen LogP contribution in [0.1, 0.15) is 21.6 Å². The molecule has 100 valence electrons. The van der Waals surface area contributed by atoms with Gasteiger partial charge in [-0.05, 0) is 43.2 Å². The number of H-pyrrole nitrogens is 1. The van der Waals surface area contributed by atoms with Gasteiger partial charge in [-0.3, -0.25) is 4.79 Å². The van der Waals surface area contributed by atoms with Crippen molar-refractivity contribution in [2.45, 2.75) is 13.8 Å². The summed E-state index contributed by atoms with van der Waals surface area (Å²) in [5, 5.41) is 4.00. The van der Waals surface area contributed by atoms with E-state index in [1.54, 1.807) is 0 Å². The topological polar surface area (TPSA) is 44.9 Å². The molecule has 0 saturated heterocycles. The lowest BCUT2D eigenvalue weighted by Crippen LogP contribution is -2.13. The fraction of sp³-hybridized carbons (Fsp3) is 0.118. The van der Waals surface area contributed by atoms with Crippen LogP contribution in [0.2, 0.25) is 0 Å². The Hall–Kier alpha value is -2.55. The molecule has 3 rings (SSSR count). The molecule has 0 radical (unpaired) electrons. The van der Waals surface area contributed by atoms with Gasteiger partial charge in [0.25, 0.3) is 5.91 Å². The van der Waals surface area contributed by atoms with Crippen molar-refractivity contribution >= 4 is 22.5 Å². The Balaban J connectivity index is 1.90. The van der Waals surface area contributed by atoms with Gasteiger partial charge in [0.15, 0.2) is 0 Å². The molecule has 1 amide bonds. The molecule has 0 aliphatic rings. The summed E-state index contributed by atoms with van der Waals surface area (Å²) in [6.07, 6.45) is 0. The van der Waals surface area contributed by atoms with E-state index in [0.717, 1.165) is 27.7 Å². The largest absolute Gasteiger partial charge is 0.351 e. The highest BCUT2D eigenvalue weighted by Gasteiger charge is 2.10. The second kappa shape index (κ2) is 4.85. The first kappa shape index (κ1) is 12.5. The van der Waals surface area contributed by atoms with Crippen molar-refractivity contribution in [3.8, 4) is 0 Å². The highest BCUT2D eigenvalue weighted by atomic mass is 16.1. The molecule has 3 heteroatoms. The molecule has 2 aromatic carbocycles. The van der Waals surface area contributed by atoms with Crippen LogP contribution in [0.5, 0.6) is 0 Å². The molecular formula is C17H16N2O. The third-order valence-electron chi connectivity index (χ3n) is 3.42. The predicted molar refractivity (Wildman–Crippen MR) is 82.2 cm³/mol. The van der Waals surface area contributed by atoms with Gasteiger partial charge >= 0.3 is 0 Å². The first-order valence-electron chi connectivity index (χ1n) is 6.60. The Bertz CT molecular complexity index is 754. The number of carbonyl (C=O) groups is 1. The average Bonchev–Trinajstić information content (AvgIpc) is 2.87. The van der Waals surface area contributed by atoms with Gasteiger partial charge in [0, 0.05) is 16.6 Å². The number of fused-ring (bicyclic) bond motifs is 1. The smallest absolute Gasteiger partial charge is 0.272 e. The van der Waals surface area contributed by atoms with Crippen LogP contribution in [0.4, 0.5) is 5.69 Å². The predicted octanol–water partition coefficient (Wildman–Crippen LogP) is 4.04. The standard InChI is InChI=1S/C17H16N2O/c1-11-7-8-12(2)15(9-11)19-17(20)16-10-13-5-3-4-6-14(13)18-16/h3-10,18H,1-2H3,(H,19,20). The van der Waals surface area contributed by atoms with E-state index in [1.165, 1.54) is 0 Å². The normalized spacial score (nSPS) is 10.7. The van der Waals surface area contributed by atoms with Crippen molar-refractivity contribution < 1.29 is 4.79 Å². The summed E-state index contributed by atoms with van der Waals surface area (Å²) in [5.74, 6) is -0.116. The molecule has 0 fully saturated rings. The molecule has 20 heavy (non-hydrogen) atoms. The highest BCUT2D eigenvalue weighted by molar-refractivity contribution is 6.06. The molecule has 2 N–H and O–H groups in total. The van der Waals surface area contributed by atoms with E-state index in [9.17, 15) is 4.79 Å². The summed E-state index contributed by atoms with van der Waals surface area (Å²) < 4.78 is 0. The van der Waals surface area contributed by atoms with Gasteiger partial charge in [-0.1, -0.05) is 30.3 Å². The Morgan fingerprint density at radius 3 is 2.65 bits per heavy atom. The lowest BCUT2D eigenvalue weighted by atomic mass is 10.1. The summed E-state index contributed by atoms with van der Waals surface area (Å²) in [6, 6.07) is 15.8. The SMILES string of the molecule is Cc1ccc(C)c(NC(=O)c2cc3ccccc3[nH]2)c1. The number of benzene rings is 2. The van der Waals surface area contributed by atoms with Crippen LogP contribution < -0.4 is 5.32 Å². The first-order valence-corrected chi connectivity index (χ1v) is 6.60. The lowest BCUT2D eigenvalue weighted by Gasteiger charge is -2.08. The van der Waals surface area contributed by atoms with E-state index in [1.807, 2.05) is 62.4 Å². The molecule has 1 heterocycles. The number of rotatable bonds is 2. The second-order valence-electron chi connectivity index (χ2n) is 5.04. The number of aryl methyl sites for hydroxylation is 2. The van der Waals surface area contributed by atoms with E-state index in [0.29, 0.717) is 5.69 Å². The maximum atomic E-state index is 12.3. The second-order valence-corrected chi connectivity index (χ2v) is 5.04. The summed E-state index contributed by atoms with van der Waals surface area (Å²) >= 11 is 0. The third kappa shape index (κ3) is 2.30. The Kier molecular flexibility index (Phi) is 3.03. The minimum Gasteiger partial charge on any atom is -0.351 e. The zero-order valence-corrected chi connectivity index (χ0v) is 11.5. The van der Waals surface area contributed by atoms with Crippen LogP contribution in [0, 0.1) is 13.8 Å². The molecule has 0 atom stereocenters. The van der Waals surface area contributed by atoms with E-state index in [4.69, 9.17) is 0 Å². The number of aromatic nitrogens is 1. The van der Waals surface area contributed by atoms with Crippen LogP contribution in [-0.2, 0) is 0 Å². The molecule has 3 aromatic rings. The van der Waals surface area contributed by atoms with E-state index >= 15 is 0 Å². The van der Waals surface area contributed by atoms with Gasteiger partial charge < -0.3 is 10.3 Å². The average molecular weight is 264 g/mol. The Morgan fingerprint density at radius 2 is 1.85 bits per heavy atom. The van der Waals surface area contributed by atoms with E-state index < -0.39 is 0 Å². The van der Waals surface area contributed by atoms with Crippen molar-refractivity contribution in [2.75, 3.05) is 5.32 Å². The molecule has 0 spiro atoms. The highest BCUT2D eigenvalue weighted by Crippen LogP contribution is 2.19. The molecular weight excluding hydrogens is 248 g/mol. The van der Waals surface area contributed by atoms with Crippen LogP contribution in [0.25, 0.3) is 10.9 Å². The quantitative estimate of drug-likeness (QED) is 0.721. The minimum atomic E-state index is -0.116. The third-order valence-corrected chi connectivity index (χ3v) is 3.42. The first-order chi connectivity index (χ1) is 9.63. The van der Waals surface area contributed by atoms with E-state index in [-0.39, 0.29) is 5.91 Å². The maximum absolute atomic E-state index is 12.3. The number of amides is 1. The van der Waals surface area contributed by atoms with Gasteiger partial charge in [0.05, 0.1) is 0 Å². The van der Waals surface area contributed by atoms with Crippen molar-refractivity contribution in [1.82, 2.24) is 4.98 Å². The molecule has 0 aliphatic heterocycles. The van der Waals surface area contributed by atoms with Crippen molar-refractivity contribution in [2.24, 2.45) is 0 Å². The number of anilines is 1. The minimum absolute atomic E-state index is 0.116. The van der Waals surface area contributed by atoms with Crippen molar-refractivity contribution in [3.05, 3.63) is 65.4 Å². The number of nitrogens with one attached hydrogen (secondary N) is 2. The number of carbonyl (C=O) groups excluding carboxylic acids is 1. The van der Waals surface area contributed by atoms with Crippen LogP contribution in [0.15, 0.2) is 48.5 Å². The molecule has 0 bridgehead atoms. The zero-order chi connectivity index (χ0) is 14.1. The van der Waals surface area contributed by atoms with Crippen LogP contribution in [0.3, 0.4) is 0 Å². The summed E-state index contributed by atoms with van der Waals surface area (Å²) in [4.78, 5) is 15.4. The number of aromatic amines is 1. The van der Waals surface area contributed by atoms with Gasteiger partial charge in [-0.25, -0.2) is 0 Å². The van der Waals surface area contributed by atoms with E-state index in [2.05, 4.69) is 10.3 Å². The molecule has 1 aromatic heterocycles. The number of para-hydroxylation sites is 1. The van der Waals surface area contributed by atoms with Crippen molar-refractivity contribution in [1.29, 1.82) is 0 Å². The maximum Gasteiger partial charge on any atom is 0.272 e. The summed E-state index contributed by atoms with van der Waals surface area (Å²) in [5.41, 5.74) is 4.59. The fourth-order valence-electron chi connectivity index (χ4n) is 2.26. The van der Waals surface area contributed by atoms with Gasteiger partial charge in [0.1, 0.15) is 5.69 Å². The van der Waals surface area contributed by atoms with Crippen LogP contribution in [-0.4, -0.2) is 10.9 Å². The zero-order valence-electron chi connectivity index (χ0n) is 11.5. The summed E-state index contributed by atoms with van der Waals surface area (Å²) in [7, 11) is 0. The monoisotopic (exact) mass is 264 g/mol. The molecule has 0 unspecified atom stereocenters. The lowest BCUT2D eigenvalue weighted by molar-refractivity contribution is 0.102. The Morgan fingerprint density at radius 1 is 1.05 bits per heavy atom. The molecule has 0 aliphatic carbocycles. The molecule has 0 saturated carbocycles. The van der Waals surface area contributed by atoms with Gasteiger partial charge in [-0.15, -0.1) is 0 Å². The number of hydrogen-bond donors (Lipinski definition) is 2.